The van der Waals surface area contributed by atoms with Crippen LogP contribution in [0.5, 0.6) is 5.75 Å². The second-order valence-corrected chi connectivity index (χ2v) is 6.94. The minimum Gasteiger partial charge on any atom is -0.492 e. The first-order valence-electron chi connectivity index (χ1n) is 8.68. The molecule has 1 aromatic carbocycles. The fourth-order valence-electron chi connectivity index (χ4n) is 2.78. The summed E-state index contributed by atoms with van der Waals surface area (Å²) in [6, 6.07) is 7.79. The van der Waals surface area contributed by atoms with Crippen LogP contribution in [0.1, 0.15) is 32.6 Å². The molecule has 0 aliphatic carbocycles. The third-order valence-corrected chi connectivity index (χ3v) is 4.52. The standard InChI is InChI=1S/C18H28ClN3O2/c1-14(20)2-7-18(23)21-16-8-10-22(11-9-16)12-13-24-17-5-3-15(19)4-6-17/h3-6,14,16H,2,7-13,20H2,1H3,(H,21,23). The van der Waals surface area contributed by atoms with Crippen LogP contribution in [-0.4, -0.2) is 49.1 Å². The van der Waals surface area contributed by atoms with Gasteiger partial charge in [-0.25, -0.2) is 0 Å². The van der Waals surface area contributed by atoms with Gasteiger partial charge in [0, 0.05) is 43.2 Å². The average molecular weight is 354 g/mol. The summed E-state index contributed by atoms with van der Waals surface area (Å²) in [5, 5.41) is 3.83. The summed E-state index contributed by atoms with van der Waals surface area (Å²) in [4.78, 5) is 14.2. The summed E-state index contributed by atoms with van der Waals surface area (Å²) in [6.07, 6.45) is 3.25. The fourth-order valence-corrected chi connectivity index (χ4v) is 2.91. The zero-order valence-electron chi connectivity index (χ0n) is 14.3. The minimum absolute atomic E-state index is 0.0817. The number of nitrogens with one attached hydrogen (secondary N) is 1. The van der Waals surface area contributed by atoms with Gasteiger partial charge in [-0.3, -0.25) is 9.69 Å². The van der Waals surface area contributed by atoms with Crippen molar-refractivity contribution in [3.05, 3.63) is 29.3 Å². The van der Waals surface area contributed by atoms with Crippen LogP contribution < -0.4 is 15.8 Å². The number of carbonyl (C=O) groups excluding carboxylic acids is 1. The molecule has 1 unspecified atom stereocenters. The van der Waals surface area contributed by atoms with E-state index < -0.39 is 0 Å². The van der Waals surface area contributed by atoms with E-state index in [1.165, 1.54) is 0 Å². The molecule has 1 aliphatic heterocycles. The van der Waals surface area contributed by atoms with Crippen molar-refractivity contribution in [3.8, 4) is 5.75 Å². The first kappa shape index (κ1) is 19.0. The molecular weight excluding hydrogens is 326 g/mol. The zero-order valence-corrected chi connectivity index (χ0v) is 15.1. The number of piperidine rings is 1. The van der Waals surface area contributed by atoms with Gasteiger partial charge >= 0.3 is 0 Å². The van der Waals surface area contributed by atoms with Gasteiger partial charge in [0.1, 0.15) is 12.4 Å². The number of amides is 1. The van der Waals surface area contributed by atoms with Crippen LogP contribution in [0.4, 0.5) is 0 Å². The number of rotatable bonds is 8. The maximum Gasteiger partial charge on any atom is 0.220 e. The van der Waals surface area contributed by atoms with Crippen LogP contribution in [0.25, 0.3) is 0 Å². The molecule has 1 fully saturated rings. The van der Waals surface area contributed by atoms with Crippen LogP contribution in [-0.2, 0) is 4.79 Å². The molecule has 24 heavy (non-hydrogen) atoms. The van der Waals surface area contributed by atoms with Crippen molar-refractivity contribution >= 4 is 17.5 Å². The van der Waals surface area contributed by atoms with Crippen LogP contribution in [0.3, 0.4) is 0 Å². The second-order valence-electron chi connectivity index (χ2n) is 6.50. The molecule has 0 bridgehead atoms. The Bertz CT molecular complexity index is 499. The van der Waals surface area contributed by atoms with E-state index in [1.54, 1.807) is 0 Å². The third kappa shape index (κ3) is 7.07. The average Bonchev–Trinajstić information content (AvgIpc) is 2.56. The summed E-state index contributed by atoms with van der Waals surface area (Å²) in [6.45, 7) is 5.46. The molecule has 1 aromatic rings. The van der Waals surface area contributed by atoms with Gasteiger partial charge in [-0.15, -0.1) is 0 Å². The maximum absolute atomic E-state index is 11.8. The van der Waals surface area contributed by atoms with E-state index in [0.717, 1.165) is 44.6 Å². The van der Waals surface area contributed by atoms with Crippen molar-refractivity contribution in [3.63, 3.8) is 0 Å². The first-order valence-corrected chi connectivity index (χ1v) is 9.06. The van der Waals surface area contributed by atoms with Crippen molar-refractivity contribution in [2.75, 3.05) is 26.2 Å². The van der Waals surface area contributed by atoms with Gasteiger partial charge in [0.25, 0.3) is 0 Å². The van der Waals surface area contributed by atoms with Gasteiger partial charge in [0.2, 0.25) is 5.91 Å². The molecule has 0 radical (unpaired) electrons. The monoisotopic (exact) mass is 353 g/mol. The largest absolute Gasteiger partial charge is 0.492 e. The van der Waals surface area contributed by atoms with Crippen LogP contribution in [0, 0.1) is 0 Å². The molecule has 1 aliphatic rings. The quantitative estimate of drug-likeness (QED) is 0.753. The van der Waals surface area contributed by atoms with Crippen molar-refractivity contribution in [1.29, 1.82) is 0 Å². The number of hydrogen-bond acceptors (Lipinski definition) is 4. The van der Waals surface area contributed by atoms with Gasteiger partial charge in [0.15, 0.2) is 0 Å². The number of nitrogens with two attached hydrogens (primary N) is 1. The highest BCUT2D eigenvalue weighted by molar-refractivity contribution is 6.30. The Hall–Kier alpha value is -1.30. The Labute approximate surface area is 149 Å². The SMILES string of the molecule is CC(N)CCC(=O)NC1CCN(CCOc2ccc(Cl)cc2)CC1. The van der Waals surface area contributed by atoms with E-state index in [-0.39, 0.29) is 11.9 Å². The van der Waals surface area contributed by atoms with Gasteiger partial charge in [0.05, 0.1) is 0 Å². The van der Waals surface area contributed by atoms with E-state index in [2.05, 4.69) is 10.2 Å². The highest BCUT2D eigenvalue weighted by Crippen LogP contribution is 2.16. The summed E-state index contributed by atoms with van der Waals surface area (Å²) in [7, 11) is 0. The lowest BCUT2D eigenvalue weighted by molar-refractivity contribution is -0.122. The second kappa shape index (κ2) is 9.87. The van der Waals surface area contributed by atoms with Gasteiger partial charge in [-0.2, -0.15) is 0 Å². The van der Waals surface area contributed by atoms with Crippen LogP contribution >= 0.6 is 11.6 Å². The lowest BCUT2D eigenvalue weighted by Crippen LogP contribution is -2.45. The summed E-state index contributed by atoms with van der Waals surface area (Å²) in [5.41, 5.74) is 5.68. The molecule has 5 nitrogen and oxygen atoms in total. The summed E-state index contributed by atoms with van der Waals surface area (Å²) >= 11 is 5.85. The third-order valence-electron chi connectivity index (χ3n) is 4.27. The van der Waals surface area contributed by atoms with E-state index >= 15 is 0 Å². The molecule has 1 saturated heterocycles. The van der Waals surface area contributed by atoms with Gasteiger partial charge in [-0.05, 0) is 50.5 Å². The highest BCUT2D eigenvalue weighted by Gasteiger charge is 2.20. The molecule has 0 spiro atoms. The Morgan fingerprint density at radius 2 is 2.04 bits per heavy atom. The smallest absolute Gasteiger partial charge is 0.220 e. The molecule has 134 valence electrons. The van der Waals surface area contributed by atoms with Crippen molar-refractivity contribution in [2.45, 2.75) is 44.7 Å². The van der Waals surface area contributed by atoms with E-state index in [4.69, 9.17) is 22.1 Å². The number of carbonyl (C=O) groups is 1. The molecule has 0 aromatic heterocycles. The number of likely N-dealkylation sites (tertiary alicyclic amines) is 1. The van der Waals surface area contributed by atoms with Gasteiger partial charge in [-0.1, -0.05) is 11.6 Å². The van der Waals surface area contributed by atoms with Crippen molar-refractivity contribution in [2.24, 2.45) is 5.73 Å². The topological polar surface area (TPSA) is 67.6 Å². The van der Waals surface area contributed by atoms with Crippen molar-refractivity contribution < 1.29 is 9.53 Å². The molecular formula is C18H28ClN3O2. The van der Waals surface area contributed by atoms with E-state index in [0.29, 0.717) is 24.1 Å². The molecule has 0 saturated carbocycles. The number of halogens is 1. The fraction of sp³-hybridized carbons (Fsp3) is 0.611. The Balaban J connectivity index is 1.59. The minimum atomic E-state index is 0.0817. The number of hydrogen-bond donors (Lipinski definition) is 2. The number of ether oxygens (including phenoxy) is 1. The molecule has 3 N–H and O–H groups in total. The number of benzene rings is 1. The van der Waals surface area contributed by atoms with Crippen LogP contribution in [0.15, 0.2) is 24.3 Å². The van der Waals surface area contributed by atoms with E-state index in [9.17, 15) is 4.79 Å². The Morgan fingerprint density at radius 3 is 2.67 bits per heavy atom. The van der Waals surface area contributed by atoms with E-state index in [1.807, 2.05) is 31.2 Å². The molecule has 1 atom stereocenters. The number of nitrogens with zero attached hydrogens (tertiary/aromatic N) is 1. The Kier molecular flexibility index (Phi) is 7.82. The van der Waals surface area contributed by atoms with Crippen molar-refractivity contribution in [1.82, 2.24) is 10.2 Å². The van der Waals surface area contributed by atoms with Crippen LogP contribution in [0.2, 0.25) is 5.02 Å². The molecule has 2 rings (SSSR count). The summed E-state index contributed by atoms with van der Waals surface area (Å²) < 4.78 is 5.73. The Morgan fingerprint density at radius 1 is 1.38 bits per heavy atom. The summed E-state index contributed by atoms with van der Waals surface area (Å²) in [5.74, 6) is 0.965. The maximum atomic E-state index is 11.8. The molecule has 1 amide bonds. The predicted molar refractivity (Wildman–Crippen MR) is 97.4 cm³/mol. The first-order chi connectivity index (χ1) is 11.5. The van der Waals surface area contributed by atoms with Gasteiger partial charge < -0.3 is 15.8 Å². The predicted octanol–water partition coefficient (Wildman–Crippen LogP) is 2.43. The zero-order chi connectivity index (χ0) is 17.4. The lowest BCUT2D eigenvalue weighted by atomic mass is 10.0. The molecule has 1 heterocycles. The highest BCUT2D eigenvalue weighted by atomic mass is 35.5. The molecule has 6 heteroatoms. The lowest BCUT2D eigenvalue weighted by Gasteiger charge is -2.32. The normalized spacial score (nSPS) is 17.5.